The molecule has 78 valence electrons. The first-order valence-corrected chi connectivity index (χ1v) is 4.59. The lowest BCUT2D eigenvalue weighted by Crippen LogP contribution is -2.25. The van der Waals surface area contributed by atoms with Gasteiger partial charge in [0, 0.05) is 0 Å². The van der Waals surface area contributed by atoms with Crippen LogP contribution >= 0.6 is 0 Å². The zero-order valence-corrected chi connectivity index (χ0v) is 8.80. The topological polar surface area (TPSA) is 41.6 Å². The van der Waals surface area contributed by atoms with E-state index in [2.05, 4.69) is 29.0 Å². The van der Waals surface area contributed by atoms with Crippen LogP contribution in [0.25, 0.3) is 0 Å². The van der Waals surface area contributed by atoms with Crippen LogP contribution < -0.4 is 5.32 Å². The largest absolute Gasteiger partial charge is 0.468 e. The Hall–Kier alpha value is -0.610. The number of nitrogens with one attached hydrogen (secondary N) is 1. The summed E-state index contributed by atoms with van der Waals surface area (Å²) in [5.41, 5.74) is 0. The van der Waals surface area contributed by atoms with Crippen molar-refractivity contribution in [3.05, 3.63) is 0 Å². The molecule has 0 aliphatic carbocycles. The molecule has 13 heavy (non-hydrogen) atoms. The maximum atomic E-state index is 10.7. The minimum atomic E-state index is -0.201. The van der Waals surface area contributed by atoms with E-state index < -0.39 is 0 Å². The Morgan fingerprint density at radius 1 is 1.38 bits per heavy atom. The van der Waals surface area contributed by atoms with Gasteiger partial charge < -0.3 is 15.0 Å². The maximum absolute atomic E-state index is 10.7. The van der Waals surface area contributed by atoms with E-state index in [1.54, 1.807) is 0 Å². The van der Waals surface area contributed by atoms with E-state index in [4.69, 9.17) is 0 Å². The number of unbranched alkanes of at least 4 members (excludes halogenated alkanes) is 1. The fraction of sp³-hybridized carbons (Fsp3) is 0.889. The number of esters is 1. The summed E-state index contributed by atoms with van der Waals surface area (Å²) >= 11 is 0. The minimum Gasteiger partial charge on any atom is -0.468 e. The summed E-state index contributed by atoms with van der Waals surface area (Å²) in [5, 5.41) is 3.02. The van der Waals surface area contributed by atoms with Gasteiger partial charge in [0.15, 0.2) is 0 Å². The van der Waals surface area contributed by atoms with Gasteiger partial charge in [-0.1, -0.05) is 0 Å². The average Bonchev–Trinajstić information content (AvgIpc) is 2.10. The molecule has 0 unspecified atom stereocenters. The van der Waals surface area contributed by atoms with Gasteiger partial charge in [-0.15, -0.1) is 0 Å². The second-order valence-corrected chi connectivity index (χ2v) is 3.26. The number of hydrogen-bond acceptors (Lipinski definition) is 4. The number of carbonyl (C=O) groups is 1. The second kappa shape index (κ2) is 8.01. The SMILES string of the molecule is COC(=O)CNCCCCN(C)C. The van der Waals surface area contributed by atoms with Gasteiger partial charge in [-0.3, -0.25) is 4.79 Å². The zero-order chi connectivity index (χ0) is 10.1. The van der Waals surface area contributed by atoms with Gasteiger partial charge >= 0.3 is 5.97 Å². The number of ether oxygens (including phenoxy) is 1. The van der Waals surface area contributed by atoms with Crippen LogP contribution in [0, 0.1) is 0 Å². The first kappa shape index (κ1) is 12.4. The van der Waals surface area contributed by atoms with E-state index in [0.717, 1.165) is 25.9 Å². The molecule has 0 amide bonds. The Bertz CT molecular complexity index is 138. The number of hydrogen-bond donors (Lipinski definition) is 1. The average molecular weight is 188 g/mol. The Kier molecular flexibility index (Phi) is 7.63. The molecule has 0 radical (unpaired) electrons. The molecule has 4 heteroatoms. The van der Waals surface area contributed by atoms with Crippen molar-refractivity contribution in [1.82, 2.24) is 10.2 Å². The molecular weight excluding hydrogens is 168 g/mol. The summed E-state index contributed by atoms with van der Waals surface area (Å²) in [7, 11) is 5.51. The van der Waals surface area contributed by atoms with E-state index in [0.29, 0.717) is 6.54 Å². The number of rotatable bonds is 7. The highest BCUT2D eigenvalue weighted by Crippen LogP contribution is 1.88. The molecule has 0 atom stereocenters. The van der Waals surface area contributed by atoms with Gasteiger partial charge in [0.2, 0.25) is 0 Å². The van der Waals surface area contributed by atoms with Crippen LogP contribution in [-0.2, 0) is 9.53 Å². The minimum absolute atomic E-state index is 0.201. The normalized spacial score (nSPS) is 10.5. The first-order valence-electron chi connectivity index (χ1n) is 4.59. The zero-order valence-electron chi connectivity index (χ0n) is 8.80. The third kappa shape index (κ3) is 9.30. The summed E-state index contributed by atoms with van der Waals surface area (Å²) in [4.78, 5) is 12.8. The van der Waals surface area contributed by atoms with Crippen LogP contribution in [0.15, 0.2) is 0 Å². The summed E-state index contributed by atoms with van der Waals surface area (Å²) in [5.74, 6) is -0.201. The number of nitrogens with zero attached hydrogens (tertiary/aromatic N) is 1. The van der Waals surface area contributed by atoms with E-state index in [1.807, 2.05) is 0 Å². The predicted molar refractivity (Wildman–Crippen MR) is 52.7 cm³/mol. The molecule has 0 spiro atoms. The highest BCUT2D eigenvalue weighted by atomic mass is 16.5. The Balaban J connectivity index is 3.04. The van der Waals surface area contributed by atoms with Crippen molar-refractivity contribution in [1.29, 1.82) is 0 Å². The monoisotopic (exact) mass is 188 g/mol. The standard InChI is InChI=1S/C9H20N2O2/c1-11(2)7-5-4-6-10-8-9(12)13-3/h10H,4-8H2,1-3H3. The van der Waals surface area contributed by atoms with E-state index in [-0.39, 0.29) is 5.97 Å². The van der Waals surface area contributed by atoms with Crippen molar-refractivity contribution in [3.8, 4) is 0 Å². The van der Waals surface area contributed by atoms with Gasteiger partial charge in [0.05, 0.1) is 13.7 Å². The van der Waals surface area contributed by atoms with Crippen molar-refractivity contribution in [2.45, 2.75) is 12.8 Å². The van der Waals surface area contributed by atoms with Crippen LogP contribution in [0.3, 0.4) is 0 Å². The molecule has 4 nitrogen and oxygen atoms in total. The summed E-state index contributed by atoms with van der Waals surface area (Å²) < 4.78 is 4.49. The molecule has 0 saturated carbocycles. The van der Waals surface area contributed by atoms with Gasteiger partial charge in [-0.05, 0) is 40.0 Å². The molecular formula is C9H20N2O2. The fourth-order valence-corrected chi connectivity index (χ4v) is 0.941. The quantitative estimate of drug-likeness (QED) is 0.454. The molecule has 0 aliphatic heterocycles. The van der Waals surface area contributed by atoms with Crippen molar-refractivity contribution >= 4 is 5.97 Å². The first-order chi connectivity index (χ1) is 6.16. The molecule has 0 fully saturated rings. The van der Waals surface area contributed by atoms with Gasteiger partial charge in [0.25, 0.3) is 0 Å². The third-order valence-corrected chi connectivity index (χ3v) is 1.71. The second-order valence-electron chi connectivity index (χ2n) is 3.26. The highest BCUT2D eigenvalue weighted by molar-refractivity contribution is 5.71. The Morgan fingerprint density at radius 2 is 2.08 bits per heavy atom. The Morgan fingerprint density at radius 3 is 2.62 bits per heavy atom. The lowest BCUT2D eigenvalue weighted by molar-refractivity contribution is -0.139. The van der Waals surface area contributed by atoms with E-state index in [1.165, 1.54) is 7.11 Å². The molecule has 0 aromatic heterocycles. The molecule has 0 bridgehead atoms. The summed E-state index contributed by atoms with van der Waals surface area (Å²) in [6, 6.07) is 0. The molecule has 0 saturated heterocycles. The van der Waals surface area contributed by atoms with Gasteiger partial charge in [-0.25, -0.2) is 0 Å². The van der Waals surface area contributed by atoms with Crippen LogP contribution in [0.2, 0.25) is 0 Å². The molecule has 0 rings (SSSR count). The smallest absolute Gasteiger partial charge is 0.319 e. The van der Waals surface area contributed by atoms with Crippen LogP contribution in [0.4, 0.5) is 0 Å². The van der Waals surface area contributed by atoms with Crippen LogP contribution in [-0.4, -0.2) is 51.7 Å². The van der Waals surface area contributed by atoms with Crippen molar-refractivity contribution in [2.75, 3.05) is 40.8 Å². The third-order valence-electron chi connectivity index (χ3n) is 1.71. The molecule has 0 heterocycles. The van der Waals surface area contributed by atoms with Crippen LogP contribution in [0.5, 0.6) is 0 Å². The fourth-order valence-electron chi connectivity index (χ4n) is 0.941. The summed E-state index contributed by atoms with van der Waals surface area (Å²) in [6.45, 7) is 2.29. The van der Waals surface area contributed by atoms with E-state index >= 15 is 0 Å². The lowest BCUT2D eigenvalue weighted by atomic mass is 10.3. The van der Waals surface area contributed by atoms with Crippen LogP contribution in [0.1, 0.15) is 12.8 Å². The molecule has 0 aromatic carbocycles. The lowest BCUT2D eigenvalue weighted by Gasteiger charge is -2.08. The van der Waals surface area contributed by atoms with E-state index in [9.17, 15) is 4.79 Å². The van der Waals surface area contributed by atoms with Gasteiger partial charge in [0.1, 0.15) is 0 Å². The number of methoxy groups -OCH3 is 1. The Labute approximate surface area is 80.2 Å². The van der Waals surface area contributed by atoms with Crippen molar-refractivity contribution in [3.63, 3.8) is 0 Å². The predicted octanol–water partition coefficient (Wildman–Crippen LogP) is 0.0908. The van der Waals surface area contributed by atoms with Gasteiger partial charge in [-0.2, -0.15) is 0 Å². The number of carbonyl (C=O) groups excluding carboxylic acids is 1. The maximum Gasteiger partial charge on any atom is 0.319 e. The molecule has 0 aromatic rings. The van der Waals surface area contributed by atoms with Crippen molar-refractivity contribution < 1.29 is 9.53 Å². The molecule has 1 N–H and O–H groups in total. The summed E-state index contributed by atoms with van der Waals surface area (Å²) in [6.07, 6.45) is 2.25. The molecule has 0 aliphatic rings. The highest BCUT2D eigenvalue weighted by Gasteiger charge is 1.97. The van der Waals surface area contributed by atoms with Crippen molar-refractivity contribution in [2.24, 2.45) is 0 Å².